The second-order valence-corrected chi connectivity index (χ2v) is 6.59. The van der Waals surface area contributed by atoms with Crippen molar-refractivity contribution in [3.05, 3.63) is 0 Å². The van der Waals surface area contributed by atoms with Gasteiger partial charge in [0.25, 0.3) is 0 Å². The Morgan fingerprint density at radius 2 is 1.68 bits per heavy atom. The molecule has 1 heterocycles. The molecule has 0 aromatic rings. The lowest BCUT2D eigenvalue weighted by molar-refractivity contribution is -0.132. The third kappa shape index (κ3) is 6.62. The zero-order chi connectivity index (χ0) is 16.8. The molecule has 1 atom stereocenters. The smallest absolute Gasteiger partial charge is 0.410 e. The first-order valence-electron chi connectivity index (χ1n) is 7.71. The molecule has 7 heteroatoms. The molecule has 1 saturated heterocycles. The number of carbonyl (C=O) groups is 2. The fraction of sp³-hybridized carbons (Fsp3) is 0.867. The van der Waals surface area contributed by atoms with Crippen LogP contribution in [0.4, 0.5) is 4.79 Å². The van der Waals surface area contributed by atoms with E-state index in [9.17, 15) is 9.59 Å². The van der Waals surface area contributed by atoms with Crippen LogP contribution in [-0.2, 0) is 14.3 Å². The monoisotopic (exact) mass is 315 g/mol. The van der Waals surface area contributed by atoms with Gasteiger partial charge < -0.3 is 24.6 Å². The van der Waals surface area contributed by atoms with Crippen LogP contribution in [0, 0.1) is 0 Å². The molecular formula is C15H29N3O4. The molecule has 7 nitrogen and oxygen atoms in total. The average molecular weight is 315 g/mol. The van der Waals surface area contributed by atoms with Crippen molar-refractivity contribution in [1.82, 2.24) is 15.1 Å². The number of hydrogen-bond acceptors (Lipinski definition) is 5. The molecule has 0 bridgehead atoms. The van der Waals surface area contributed by atoms with Gasteiger partial charge in [-0.25, -0.2) is 4.79 Å². The number of ether oxygens (including phenoxy) is 2. The van der Waals surface area contributed by atoms with Crippen molar-refractivity contribution in [2.24, 2.45) is 0 Å². The summed E-state index contributed by atoms with van der Waals surface area (Å²) in [6.45, 7) is 10.5. The van der Waals surface area contributed by atoms with Crippen LogP contribution in [0.15, 0.2) is 0 Å². The molecule has 1 aliphatic rings. The average Bonchev–Trinajstić information content (AvgIpc) is 2.43. The van der Waals surface area contributed by atoms with E-state index in [1.54, 1.807) is 16.9 Å². The Balaban J connectivity index is 2.32. The molecule has 0 aromatic carbocycles. The van der Waals surface area contributed by atoms with Gasteiger partial charge in [-0.2, -0.15) is 0 Å². The van der Waals surface area contributed by atoms with Gasteiger partial charge in [-0.15, -0.1) is 0 Å². The van der Waals surface area contributed by atoms with Crippen molar-refractivity contribution in [2.45, 2.75) is 39.3 Å². The van der Waals surface area contributed by atoms with Crippen LogP contribution >= 0.6 is 0 Å². The van der Waals surface area contributed by atoms with Crippen molar-refractivity contribution in [1.29, 1.82) is 0 Å². The topological polar surface area (TPSA) is 71.1 Å². The first-order valence-corrected chi connectivity index (χ1v) is 7.71. The van der Waals surface area contributed by atoms with Gasteiger partial charge in [0.1, 0.15) is 5.60 Å². The number of methoxy groups -OCH3 is 1. The first kappa shape index (κ1) is 18.7. The highest BCUT2D eigenvalue weighted by Crippen LogP contribution is 2.11. The Bertz CT molecular complexity index is 373. The van der Waals surface area contributed by atoms with Gasteiger partial charge in [0.2, 0.25) is 5.91 Å². The summed E-state index contributed by atoms with van der Waals surface area (Å²) in [5.74, 6) is 0.0480. The van der Waals surface area contributed by atoms with Gasteiger partial charge in [-0.1, -0.05) is 0 Å². The van der Waals surface area contributed by atoms with E-state index in [1.807, 2.05) is 27.7 Å². The standard InChI is InChI=1S/C15H29N3O4/c1-12(11-21-5)16-10-13(19)17-6-8-18(9-7-17)14(20)22-15(2,3)4/h12,16H,6-11H2,1-5H3. The lowest BCUT2D eigenvalue weighted by Gasteiger charge is -2.35. The van der Waals surface area contributed by atoms with Gasteiger partial charge in [-0.05, 0) is 27.7 Å². The Hall–Kier alpha value is -1.34. The summed E-state index contributed by atoms with van der Waals surface area (Å²) in [6, 6.07) is 0.136. The second-order valence-electron chi connectivity index (χ2n) is 6.59. The summed E-state index contributed by atoms with van der Waals surface area (Å²) in [4.78, 5) is 27.5. The van der Waals surface area contributed by atoms with Crippen LogP contribution in [0.5, 0.6) is 0 Å². The van der Waals surface area contributed by atoms with Gasteiger partial charge >= 0.3 is 6.09 Å². The molecule has 1 unspecified atom stereocenters. The summed E-state index contributed by atoms with van der Waals surface area (Å²) in [5, 5.41) is 3.12. The van der Waals surface area contributed by atoms with Crippen LogP contribution in [0.25, 0.3) is 0 Å². The van der Waals surface area contributed by atoms with Crippen LogP contribution in [0.2, 0.25) is 0 Å². The van der Waals surface area contributed by atoms with Gasteiger partial charge in [0.05, 0.1) is 13.2 Å². The van der Waals surface area contributed by atoms with Gasteiger partial charge in [0.15, 0.2) is 0 Å². The van der Waals surface area contributed by atoms with E-state index >= 15 is 0 Å². The van der Waals surface area contributed by atoms with Crippen molar-refractivity contribution in [2.75, 3.05) is 46.4 Å². The predicted octanol–water partition coefficient (Wildman–Crippen LogP) is 0.690. The van der Waals surface area contributed by atoms with E-state index in [2.05, 4.69) is 5.32 Å². The zero-order valence-corrected chi connectivity index (χ0v) is 14.3. The molecule has 2 amide bonds. The first-order chi connectivity index (χ1) is 10.2. The number of hydrogen-bond donors (Lipinski definition) is 1. The summed E-state index contributed by atoms with van der Waals surface area (Å²) in [5.41, 5.74) is -0.495. The molecule has 22 heavy (non-hydrogen) atoms. The minimum atomic E-state index is -0.495. The largest absolute Gasteiger partial charge is 0.444 e. The second kappa shape index (κ2) is 8.33. The molecular weight excluding hydrogens is 286 g/mol. The SMILES string of the molecule is COCC(C)NCC(=O)N1CCN(C(=O)OC(C)(C)C)CC1. The highest BCUT2D eigenvalue weighted by molar-refractivity contribution is 5.78. The van der Waals surface area contributed by atoms with E-state index in [0.717, 1.165) is 0 Å². The van der Waals surface area contributed by atoms with Crippen molar-refractivity contribution in [3.63, 3.8) is 0 Å². The number of nitrogens with zero attached hydrogens (tertiary/aromatic N) is 2. The summed E-state index contributed by atoms with van der Waals surface area (Å²) < 4.78 is 10.4. The summed E-state index contributed by atoms with van der Waals surface area (Å²) >= 11 is 0. The van der Waals surface area contributed by atoms with E-state index in [4.69, 9.17) is 9.47 Å². The number of rotatable bonds is 5. The van der Waals surface area contributed by atoms with E-state index in [-0.39, 0.29) is 24.6 Å². The van der Waals surface area contributed by atoms with E-state index in [0.29, 0.717) is 32.8 Å². The highest BCUT2D eigenvalue weighted by Gasteiger charge is 2.27. The maximum absolute atomic E-state index is 12.1. The molecule has 1 aliphatic heterocycles. The molecule has 0 spiro atoms. The maximum atomic E-state index is 12.1. The van der Waals surface area contributed by atoms with Crippen molar-refractivity contribution >= 4 is 12.0 Å². The maximum Gasteiger partial charge on any atom is 0.410 e. The molecule has 0 aliphatic carbocycles. The lowest BCUT2D eigenvalue weighted by atomic mass is 10.2. The number of nitrogens with one attached hydrogen (secondary N) is 1. The fourth-order valence-electron chi connectivity index (χ4n) is 2.15. The van der Waals surface area contributed by atoms with E-state index in [1.165, 1.54) is 0 Å². The minimum Gasteiger partial charge on any atom is -0.444 e. The quantitative estimate of drug-likeness (QED) is 0.808. The summed E-state index contributed by atoms with van der Waals surface area (Å²) in [6.07, 6.45) is -0.313. The normalized spacial score (nSPS) is 17.3. The molecule has 1 fully saturated rings. The molecule has 1 N–H and O–H groups in total. The zero-order valence-electron chi connectivity index (χ0n) is 14.3. The van der Waals surface area contributed by atoms with Crippen LogP contribution in [0.3, 0.4) is 0 Å². The Labute approximate surface area is 132 Å². The molecule has 1 rings (SSSR count). The highest BCUT2D eigenvalue weighted by atomic mass is 16.6. The van der Waals surface area contributed by atoms with Crippen molar-refractivity contribution in [3.8, 4) is 0 Å². The predicted molar refractivity (Wildman–Crippen MR) is 83.7 cm³/mol. The van der Waals surface area contributed by atoms with Crippen LogP contribution in [-0.4, -0.2) is 79.9 Å². The lowest BCUT2D eigenvalue weighted by Crippen LogP contribution is -2.53. The third-order valence-corrected chi connectivity index (χ3v) is 3.30. The minimum absolute atomic E-state index is 0.0480. The third-order valence-electron chi connectivity index (χ3n) is 3.30. The van der Waals surface area contributed by atoms with Crippen molar-refractivity contribution < 1.29 is 19.1 Å². The number of carbonyl (C=O) groups excluding carboxylic acids is 2. The molecule has 0 radical (unpaired) electrons. The number of piperazine rings is 1. The number of amides is 2. The molecule has 0 aromatic heterocycles. The van der Waals surface area contributed by atoms with E-state index < -0.39 is 5.60 Å². The summed E-state index contributed by atoms with van der Waals surface area (Å²) in [7, 11) is 1.63. The van der Waals surface area contributed by atoms with Crippen LogP contribution in [0.1, 0.15) is 27.7 Å². The Morgan fingerprint density at radius 1 is 1.14 bits per heavy atom. The molecule has 128 valence electrons. The van der Waals surface area contributed by atoms with Crippen LogP contribution < -0.4 is 5.32 Å². The Kier molecular flexibility index (Phi) is 7.09. The van der Waals surface area contributed by atoms with Gasteiger partial charge in [0, 0.05) is 39.3 Å². The van der Waals surface area contributed by atoms with Gasteiger partial charge in [-0.3, -0.25) is 4.79 Å². The molecule has 0 saturated carbocycles. The Morgan fingerprint density at radius 3 is 2.18 bits per heavy atom. The fourth-order valence-corrected chi connectivity index (χ4v) is 2.15.